The smallest absolute Gasteiger partial charge is 0.416 e. The molecule has 0 saturated heterocycles. The Morgan fingerprint density at radius 3 is 2.46 bits per heavy atom. The van der Waals surface area contributed by atoms with E-state index in [0.717, 1.165) is 15.7 Å². The van der Waals surface area contributed by atoms with Gasteiger partial charge in [0.15, 0.2) is 6.61 Å². The van der Waals surface area contributed by atoms with E-state index in [1.807, 2.05) is 6.07 Å². The first kappa shape index (κ1) is 18.2. The maximum Gasteiger partial charge on any atom is 0.416 e. The minimum absolute atomic E-state index is 0.271. The molecule has 8 heteroatoms. The highest BCUT2D eigenvalue weighted by Crippen LogP contribution is 2.29. The first-order chi connectivity index (χ1) is 11.3. The molecule has 1 amide bonds. The van der Waals surface area contributed by atoms with Crippen molar-refractivity contribution in [1.82, 2.24) is 0 Å². The quantitative estimate of drug-likeness (QED) is 0.565. The number of carbonyl (C=O) groups is 2. The number of rotatable bonds is 4. The second-order valence-corrected chi connectivity index (χ2v) is 5.96. The highest BCUT2D eigenvalue weighted by molar-refractivity contribution is 14.1. The summed E-state index contributed by atoms with van der Waals surface area (Å²) < 4.78 is 43.5. The number of carbonyl (C=O) groups excluding carboxylic acids is 2. The van der Waals surface area contributed by atoms with Gasteiger partial charge in [-0.3, -0.25) is 4.79 Å². The van der Waals surface area contributed by atoms with Crippen molar-refractivity contribution in [2.45, 2.75) is 6.18 Å². The molecule has 4 nitrogen and oxygen atoms in total. The molecule has 0 bridgehead atoms. The van der Waals surface area contributed by atoms with Crippen LogP contribution in [-0.2, 0) is 15.7 Å². The average Bonchev–Trinajstić information content (AvgIpc) is 2.52. The van der Waals surface area contributed by atoms with E-state index in [4.69, 9.17) is 4.74 Å². The van der Waals surface area contributed by atoms with E-state index < -0.39 is 30.2 Å². The van der Waals surface area contributed by atoms with E-state index in [2.05, 4.69) is 27.9 Å². The van der Waals surface area contributed by atoms with Crippen LogP contribution in [-0.4, -0.2) is 18.5 Å². The summed E-state index contributed by atoms with van der Waals surface area (Å²) in [6, 6.07) is 10.8. The number of benzene rings is 2. The van der Waals surface area contributed by atoms with Crippen LogP contribution in [0.4, 0.5) is 18.9 Å². The summed E-state index contributed by atoms with van der Waals surface area (Å²) >= 11 is 2.07. The minimum atomic E-state index is -4.56. The number of alkyl halides is 3. The maximum atomic E-state index is 12.6. The Labute approximate surface area is 149 Å². The molecule has 0 heterocycles. The monoisotopic (exact) mass is 449 g/mol. The number of esters is 1. The third-order valence-corrected chi connectivity index (χ3v) is 3.54. The molecule has 2 aromatic rings. The Kier molecular flexibility index (Phi) is 5.81. The Morgan fingerprint density at radius 1 is 1.08 bits per heavy atom. The SMILES string of the molecule is O=C(COC(=O)c1cccc(C(F)(F)F)c1)Nc1cccc(I)c1. The molecular weight excluding hydrogens is 438 g/mol. The predicted molar refractivity (Wildman–Crippen MR) is 89.5 cm³/mol. The maximum absolute atomic E-state index is 12.6. The molecule has 1 N–H and O–H groups in total. The first-order valence-electron chi connectivity index (χ1n) is 6.65. The second kappa shape index (κ2) is 7.65. The summed E-state index contributed by atoms with van der Waals surface area (Å²) in [7, 11) is 0. The Morgan fingerprint density at radius 2 is 1.79 bits per heavy atom. The second-order valence-electron chi connectivity index (χ2n) is 4.71. The molecule has 2 rings (SSSR count). The fraction of sp³-hybridized carbons (Fsp3) is 0.125. The summed E-state index contributed by atoms with van der Waals surface area (Å²) in [6.45, 7) is -0.597. The van der Waals surface area contributed by atoms with Crippen LogP contribution in [0.15, 0.2) is 48.5 Å². The van der Waals surface area contributed by atoms with Gasteiger partial charge < -0.3 is 10.1 Å². The summed E-state index contributed by atoms with van der Waals surface area (Å²) in [6.07, 6.45) is -4.56. The molecule has 0 aromatic heterocycles. The number of nitrogens with one attached hydrogen (secondary N) is 1. The molecule has 0 spiro atoms. The molecular formula is C16H11F3INO3. The van der Waals surface area contributed by atoms with E-state index in [0.29, 0.717) is 11.8 Å². The molecule has 0 saturated carbocycles. The van der Waals surface area contributed by atoms with Gasteiger partial charge in [-0.25, -0.2) is 4.79 Å². The molecule has 0 fully saturated rings. The molecule has 0 aliphatic carbocycles. The van der Waals surface area contributed by atoms with Gasteiger partial charge in [-0.05, 0) is 59.0 Å². The van der Waals surface area contributed by atoms with Crippen molar-refractivity contribution < 1.29 is 27.5 Å². The summed E-state index contributed by atoms with van der Waals surface area (Å²) in [4.78, 5) is 23.5. The van der Waals surface area contributed by atoms with Crippen molar-refractivity contribution in [3.05, 3.63) is 63.2 Å². The van der Waals surface area contributed by atoms with Crippen LogP contribution >= 0.6 is 22.6 Å². The lowest BCUT2D eigenvalue weighted by Crippen LogP contribution is -2.21. The van der Waals surface area contributed by atoms with E-state index in [-0.39, 0.29) is 5.56 Å². The van der Waals surface area contributed by atoms with Crippen molar-refractivity contribution in [3.8, 4) is 0 Å². The zero-order valence-corrected chi connectivity index (χ0v) is 14.2. The van der Waals surface area contributed by atoms with Gasteiger partial charge >= 0.3 is 12.1 Å². The standard InChI is InChI=1S/C16H11F3INO3/c17-16(18,19)11-4-1-3-10(7-11)15(23)24-9-14(22)21-13-6-2-5-12(20)8-13/h1-8H,9H2,(H,21,22). The number of halogens is 4. The van der Waals surface area contributed by atoms with E-state index >= 15 is 0 Å². The van der Waals surface area contributed by atoms with Gasteiger partial charge in [0.05, 0.1) is 11.1 Å². The van der Waals surface area contributed by atoms with Crippen LogP contribution < -0.4 is 5.32 Å². The lowest BCUT2D eigenvalue weighted by atomic mass is 10.1. The van der Waals surface area contributed by atoms with Crippen molar-refractivity contribution in [1.29, 1.82) is 0 Å². The van der Waals surface area contributed by atoms with Crippen molar-refractivity contribution in [3.63, 3.8) is 0 Å². The number of ether oxygens (including phenoxy) is 1. The highest BCUT2D eigenvalue weighted by Gasteiger charge is 2.31. The number of hydrogen-bond donors (Lipinski definition) is 1. The number of anilines is 1. The third-order valence-electron chi connectivity index (χ3n) is 2.87. The number of amides is 1. The van der Waals surface area contributed by atoms with Gasteiger partial charge in [-0.1, -0.05) is 12.1 Å². The molecule has 0 atom stereocenters. The third kappa shape index (κ3) is 5.22. The Bertz CT molecular complexity index is 762. The molecule has 0 aliphatic rings. The summed E-state index contributed by atoms with van der Waals surface area (Å²) in [5.74, 6) is -1.59. The highest BCUT2D eigenvalue weighted by atomic mass is 127. The van der Waals surface area contributed by atoms with Gasteiger partial charge in [0.2, 0.25) is 0 Å². The minimum Gasteiger partial charge on any atom is -0.452 e. The molecule has 24 heavy (non-hydrogen) atoms. The predicted octanol–water partition coefficient (Wildman–Crippen LogP) is 4.11. The molecule has 0 unspecified atom stereocenters. The van der Waals surface area contributed by atoms with Gasteiger partial charge in [0.25, 0.3) is 5.91 Å². The normalized spacial score (nSPS) is 11.0. The van der Waals surface area contributed by atoms with Gasteiger partial charge in [-0.2, -0.15) is 13.2 Å². The lowest BCUT2D eigenvalue weighted by molar-refractivity contribution is -0.137. The van der Waals surface area contributed by atoms with Crippen molar-refractivity contribution in [2.24, 2.45) is 0 Å². The van der Waals surface area contributed by atoms with Gasteiger partial charge in [0, 0.05) is 9.26 Å². The topological polar surface area (TPSA) is 55.4 Å². The average molecular weight is 449 g/mol. The summed E-state index contributed by atoms with van der Waals surface area (Å²) in [5, 5.41) is 2.52. The lowest BCUT2D eigenvalue weighted by Gasteiger charge is -2.09. The molecule has 2 aromatic carbocycles. The fourth-order valence-electron chi connectivity index (χ4n) is 1.80. The van der Waals surface area contributed by atoms with Crippen LogP contribution in [0.1, 0.15) is 15.9 Å². The van der Waals surface area contributed by atoms with Crippen LogP contribution in [0, 0.1) is 3.57 Å². The van der Waals surface area contributed by atoms with Crippen molar-refractivity contribution in [2.75, 3.05) is 11.9 Å². The van der Waals surface area contributed by atoms with E-state index in [1.165, 1.54) is 6.07 Å². The van der Waals surface area contributed by atoms with Crippen molar-refractivity contribution >= 4 is 40.2 Å². The summed E-state index contributed by atoms with van der Waals surface area (Å²) in [5.41, 5.74) is -0.700. The van der Waals surface area contributed by atoms with Gasteiger partial charge in [0.1, 0.15) is 0 Å². The van der Waals surface area contributed by atoms with Crippen LogP contribution in [0.2, 0.25) is 0 Å². The zero-order chi connectivity index (χ0) is 17.7. The zero-order valence-electron chi connectivity index (χ0n) is 12.1. The largest absolute Gasteiger partial charge is 0.452 e. The molecule has 0 aliphatic heterocycles. The Hall–Kier alpha value is -2.10. The van der Waals surface area contributed by atoms with Gasteiger partial charge in [-0.15, -0.1) is 0 Å². The van der Waals surface area contributed by atoms with Crippen LogP contribution in [0.5, 0.6) is 0 Å². The van der Waals surface area contributed by atoms with E-state index in [1.54, 1.807) is 18.2 Å². The fourth-order valence-corrected chi connectivity index (χ4v) is 2.34. The Balaban J connectivity index is 1.94. The number of hydrogen-bond acceptors (Lipinski definition) is 3. The first-order valence-corrected chi connectivity index (χ1v) is 7.73. The van der Waals surface area contributed by atoms with E-state index in [9.17, 15) is 22.8 Å². The van der Waals surface area contributed by atoms with Crippen LogP contribution in [0.25, 0.3) is 0 Å². The molecule has 0 radical (unpaired) electrons. The molecule has 126 valence electrons. The van der Waals surface area contributed by atoms with Crippen LogP contribution in [0.3, 0.4) is 0 Å².